The van der Waals surface area contributed by atoms with Crippen molar-refractivity contribution in [2.75, 3.05) is 31.6 Å². The average Bonchev–Trinajstić information content (AvgIpc) is 3.32. The van der Waals surface area contributed by atoms with Gasteiger partial charge in [0.1, 0.15) is 0 Å². The maximum absolute atomic E-state index is 12.9. The molecule has 2 aromatic carbocycles. The number of carbonyl (C=O) groups is 2. The van der Waals surface area contributed by atoms with E-state index in [0.717, 1.165) is 10.6 Å². The molecule has 154 valence electrons. The Kier molecular flexibility index (Phi) is 6.78. The predicted octanol–water partition coefficient (Wildman–Crippen LogP) is 4.16. The quantitative estimate of drug-likeness (QED) is 0.584. The van der Waals surface area contributed by atoms with Gasteiger partial charge < -0.3 is 15.0 Å². The van der Waals surface area contributed by atoms with Gasteiger partial charge in [-0.25, -0.2) is 4.98 Å². The van der Waals surface area contributed by atoms with Crippen molar-refractivity contribution >= 4 is 40.6 Å². The monoisotopic (exact) mass is 439 g/mol. The highest BCUT2D eigenvalue weighted by atomic mass is 32.2. The zero-order valence-electron chi connectivity index (χ0n) is 16.2. The van der Waals surface area contributed by atoms with Crippen LogP contribution in [-0.4, -0.2) is 48.0 Å². The highest BCUT2D eigenvalue weighted by molar-refractivity contribution is 7.98. The summed E-state index contributed by atoms with van der Waals surface area (Å²) in [5.41, 5.74) is 4.55. The number of thioether (sulfide) groups is 1. The van der Waals surface area contributed by atoms with E-state index in [1.54, 1.807) is 63.8 Å². The molecule has 0 aliphatic carbocycles. The van der Waals surface area contributed by atoms with Crippen LogP contribution in [-0.2, 0) is 10.5 Å². The molecular formula is C22H21N3O3S2. The Bertz CT molecular complexity index is 1020. The number of rotatable bonds is 6. The number of aromatic nitrogens is 1. The molecule has 4 rings (SSSR count). The number of hydrogen-bond acceptors (Lipinski definition) is 6. The standard InChI is InChI=1S/C22H21N3O3S2/c26-21(19-6-1-2-7-20(19)30-14-18-13-29-15-23-18)24-17-5-3-4-16(12-17)22(27)25-8-10-28-11-9-25/h1-7,12-13,15H,8-11,14H2,(H,24,26). The molecule has 0 radical (unpaired) electrons. The van der Waals surface area contributed by atoms with Gasteiger partial charge in [-0.2, -0.15) is 0 Å². The van der Waals surface area contributed by atoms with E-state index in [0.29, 0.717) is 48.9 Å². The highest BCUT2D eigenvalue weighted by Crippen LogP contribution is 2.27. The number of anilines is 1. The van der Waals surface area contributed by atoms with Gasteiger partial charge in [0, 0.05) is 40.4 Å². The minimum absolute atomic E-state index is 0.0476. The van der Waals surface area contributed by atoms with Crippen molar-refractivity contribution in [1.29, 1.82) is 0 Å². The molecule has 30 heavy (non-hydrogen) atoms. The fraction of sp³-hybridized carbons (Fsp3) is 0.227. The first-order chi connectivity index (χ1) is 14.7. The predicted molar refractivity (Wildman–Crippen MR) is 119 cm³/mol. The Balaban J connectivity index is 1.46. The second-order valence-electron chi connectivity index (χ2n) is 6.70. The Labute approximate surface area is 183 Å². The molecule has 0 bridgehead atoms. The zero-order chi connectivity index (χ0) is 20.8. The first-order valence-electron chi connectivity index (χ1n) is 9.58. The molecule has 0 saturated carbocycles. The fourth-order valence-corrected chi connectivity index (χ4v) is 4.73. The number of thiazole rings is 1. The van der Waals surface area contributed by atoms with Crippen LogP contribution in [0.15, 0.2) is 64.3 Å². The van der Waals surface area contributed by atoms with Gasteiger partial charge in [-0.05, 0) is 30.3 Å². The van der Waals surface area contributed by atoms with E-state index in [-0.39, 0.29) is 11.8 Å². The lowest BCUT2D eigenvalue weighted by Gasteiger charge is -2.27. The lowest BCUT2D eigenvalue weighted by atomic mass is 10.1. The molecule has 2 heterocycles. The molecule has 0 atom stereocenters. The van der Waals surface area contributed by atoms with Crippen molar-refractivity contribution in [3.63, 3.8) is 0 Å². The molecule has 1 N–H and O–H groups in total. The molecule has 6 nitrogen and oxygen atoms in total. The third-order valence-electron chi connectivity index (χ3n) is 4.66. The fourth-order valence-electron chi connectivity index (χ4n) is 3.12. The minimum atomic E-state index is -0.202. The van der Waals surface area contributed by atoms with Gasteiger partial charge in [0.05, 0.1) is 30.0 Å². The normalized spacial score (nSPS) is 13.8. The molecule has 1 aliphatic rings. The summed E-state index contributed by atoms with van der Waals surface area (Å²) in [5, 5.41) is 4.94. The van der Waals surface area contributed by atoms with Crippen molar-refractivity contribution in [3.8, 4) is 0 Å². The summed E-state index contributed by atoms with van der Waals surface area (Å²) in [5.74, 6) is 0.457. The van der Waals surface area contributed by atoms with Gasteiger partial charge in [0.2, 0.25) is 0 Å². The van der Waals surface area contributed by atoms with E-state index < -0.39 is 0 Å². The van der Waals surface area contributed by atoms with E-state index in [2.05, 4.69) is 10.3 Å². The summed E-state index contributed by atoms with van der Waals surface area (Å²) in [4.78, 5) is 32.6. The summed E-state index contributed by atoms with van der Waals surface area (Å²) in [6.07, 6.45) is 0. The van der Waals surface area contributed by atoms with Crippen molar-refractivity contribution in [2.45, 2.75) is 10.6 Å². The zero-order valence-corrected chi connectivity index (χ0v) is 17.9. The number of nitrogens with one attached hydrogen (secondary N) is 1. The third-order valence-corrected chi connectivity index (χ3v) is 6.40. The minimum Gasteiger partial charge on any atom is -0.378 e. The average molecular weight is 440 g/mol. The van der Waals surface area contributed by atoms with Crippen molar-refractivity contribution in [2.24, 2.45) is 0 Å². The summed E-state index contributed by atoms with van der Waals surface area (Å²) in [6, 6.07) is 14.6. The molecule has 1 aromatic heterocycles. The summed E-state index contributed by atoms with van der Waals surface area (Å²) < 4.78 is 5.31. The van der Waals surface area contributed by atoms with E-state index in [4.69, 9.17) is 4.74 Å². The van der Waals surface area contributed by atoms with E-state index in [9.17, 15) is 9.59 Å². The Hall–Kier alpha value is -2.68. The van der Waals surface area contributed by atoms with Crippen LogP contribution in [0.2, 0.25) is 0 Å². The molecule has 1 saturated heterocycles. The van der Waals surface area contributed by atoms with Crippen LogP contribution < -0.4 is 5.32 Å². The van der Waals surface area contributed by atoms with E-state index >= 15 is 0 Å². The van der Waals surface area contributed by atoms with Gasteiger partial charge in [-0.1, -0.05) is 18.2 Å². The molecule has 3 aromatic rings. The first-order valence-corrected chi connectivity index (χ1v) is 11.5. The SMILES string of the molecule is O=C(Nc1cccc(C(=O)N2CCOCC2)c1)c1ccccc1SCc1cscn1. The molecule has 8 heteroatoms. The smallest absolute Gasteiger partial charge is 0.256 e. The van der Waals surface area contributed by atoms with Crippen LogP contribution >= 0.6 is 23.1 Å². The van der Waals surface area contributed by atoms with Crippen molar-refractivity contribution in [3.05, 3.63) is 76.2 Å². The van der Waals surface area contributed by atoms with Crippen LogP contribution in [0.25, 0.3) is 0 Å². The topological polar surface area (TPSA) is 71.5 Å². The van der Waals surface area contributed by atoms with Crippen LogP contribution in [0.4, 0.5) is 5.69 Å². The largest absolute Gasteiger partial charge is 0.378 e. The van der Waals surface area contributed by atoms with Gasteiger partial charge >= 0.3 is 0 Å². The third kappa shape index (κ3) is 5.08. The Morgan fingerprint density at radius 2 is 1.97 bits per heavy atom. The van der Waals surface area contributed by atoms with Crippen LogP contribution in [0.1, 0.15) is 26.4 Å². The maximum Gasteiger partial charge on any atom is 0.256 e. The van der Waals surface area contributed by atoms with Gasteiger partial charge in [-0.3, -0.25) is 9.59 Å². The van der Waals surface area contributed by atoms with Gasteiger partial charge in [-0.15, -0.1) is 23.1 Å². The van der Waals surface area contributed by atoms with Crippen molar-refractivity contribution in [1.82, 2.24) is 9.88 Å². The summed E-state index contributed by atoms with van der Waals surface area (Å²) in [6.45, 7) is 2.27. The number of ether oxygens (including phenoxy) is 1. The molecular weight excluding hydrogens is 418 g/mol. The van der Waals surface area contributed by atoms with E-state index in [1.807, 2.05) is 23.6 Å². The van der Waals surface area contributed by atoms with Crippen molar-refractivity contribution < 1.29 is 14.3 Å². The van der Waals surface area contributed by atoms with Crippen LogP contribution in [0.3, 0.4) is 0 Å². The second kappa shape index (κ2) is 9.88. The van der Waals surface area contributed by atoms with Gasteiger partial charge in [0.25, 0.3) is 11.8 Å². The van der Waals surface area contributed by atoms with Gasteiger partial charge in [0.15, 0.2) is 0 Å². The van der Waals surface area contributed by atoms with Crippen LogP contribution in [0, 0.1) is 0 Å². The molecule has 0 spiro atoms. The van der Waals surface area contributed by atoms with Crippen LogP contribution in [0.5, 0.6) is 0 Å². The number of amides is 2. The summed E-state index contributed by atoms with van der Waals surface area (Å²) >= 11 is 3.14. The number of carbonyl (C=O) groups excluding carboxylic acids is 2. The lowest BCUT2D eigenvalue weighted by Crippen LogP contribution is -2.40. The highest BCUT2D eigenvalue weighted by Gasteiger charge is 2.19. The Morgan fingerprint density at radius 1 is 1.13 bits per heavy atom. The Morgan fingerprint density at radius 3 is 2.77 bits per heavy atom. The summed E-state index contributed by atoms with van der Waals surface area (Å²) in [7, 11) is 0. The first kappa shape index (κ1) is 20.6. The molecule has 0 unspecified atom stereocenters. The molecule has 1 aliphatic heterocycles. The second-order valence-corrected chi connectivity index (χ2v) is 8.44. The molecule has 2 amide bonds. The molecule has 1 fully saturated rings. The lowest BCUT2D eigenvalue weighted by molar-refractivity contribution is 0.0303. The maximum atomic E-state index is 12.9. The van der Waals surface area contributed by atoms with E-state index in [1.165, 1.54) is 0 Å². The number of hydrogen-bond donors (Lipinski definition) is 1. The number of morpholine rings is 1. The number of nitrogens with zero attached hydrogens (tertiary/aromatic N) is 2. The number of benzene rings is 2.